The molecule has 3 aromatic rings. The Hall–Kier alpha value is -3.24. The molecule has 1 aliphatic heterocycles. The number of nitrogens with one attached hydrogen (secondary N) is 1. The molecule has 3 N–H and O–H groups in total. The van der Waals surface area contributed by atoms with Gasteiger partial charge in [-0.2, -0.15) is 5.26 Å². The summed E-state index contributed by atoms with van der Waals surface area (Å²) in [7, 11) is 0. The molecular weight excluding hydrogens is 372 g/mol. The number of thiophene rings is 1. The first-order valence-corrected chi connectivity index (χ1v) is 9.81. The molecule has 142 valence electrons. The lowest BCUT2D eigenvalue weighted by Gasteiger charge is -2.25. The summed E-state index contributed by atoms with van der Waals surface area (Å²) in [4.78, 5) is 2.37. The minimum atomic E-state index is -0.426. The van der Waals surface area contributed by atoms with E-state index in [0.29, 0.717) is 23.8 Å². The van der Waals surface area contributed by atoms with Crippen molar-refractivity contribution in [3.05, 3.63) is 62.7 Å². The molecule has 3 heterocycles. The highest BCUT2D eigenvalue weighted by Gasteiger charge is 2.37. The van der Waals surface area contributed by atoms with Crippen LogP contribution in [0.25, 0.3) is 11.3 Å². The molecule has 0 fully saturated rings. The van der Waals surface area contributed by atoms with Crippen molar-refractivity contribution in [3.63, 3.8) is 0 Å². The van der Waals surface area contributed by atoms with Crippen LogP contribution >= 0.6 is 11.3 Å². The van der Waals surface area contributed by atoms with E-state index in [4.69, 9.17) is 15.2 Å². The van der Waals surface area contributed by atoms with E-state index in [2.05, 4.69) is 36.2 Å². The first-order chi connectivity index (χ1) is 13.5. The minimum Gasteiger partial charge on any atom is -0.494 e. The van der Waals surface area contributed by atoms with Crippen LogP contribution in [-0.2, 0) is 0 Å². The zero-order valence-electron chi connectivity index (χ0n) is 15.9. The molecule has 1 atom stereocenters. The maximum atomic E-state index is 9.86. The monoisotopic (exact) mass is 392 g/mol. The van der Waals surface area contributed by atoms with Gasteiger partial charge in [0.2, 0.25) is 11.8 Å². The van der Waals surface area contributed by atoms with Gasteiger partial charge in [-0.05, 0) is 32.9 Å². The van der Waals surface area contributed by atoms with Crippen molar-refractivity contribution >= 4 is 11.3 Å². The molecule has 0 saturated carbocycles. The summed E-state index contributed by atoms with van der Waals surface area (Å²) in [6, 6.07) is 12.1. The van der Waals surface area contributed by atoms with Crippen LogP contribution in [0.4, 0.5) is 0 Å². The quantitative estimate of drug-likeness (QED) is 0.687. The summed E-state index contributed by atoms with van der Waals surface area (Å²) in [5.41, 5.74) is 9.99. The minimum absolute atomic E-state index is 0.0718. The number of benzene rings is 1. The van der Waals surface area contributed by atoms with Crippen LogP contribution in [0.15, 0.2) is 41.8 Å². The van der Waals surface area contributed by atoms with Crippen LogP contribution in [0.3, 0.4) is 0 Å². The molecule has 6 nitrogen and oxygen atoms in total. The molecule has 0 bridgehead atoms. The predicted molar refractivity (Wildman–Crippen MR) is 108 cm³/mol. The van der Waals surface area contributed by atoms with Gasteiger partial charge in [0.1, 0.15) is 17.4 Å². The fraction of sp³-hybridized carbons (Fsp3) is 0.238. The Morgan fingerprint density at radius 3 is 2.82 bits per heavy atom. The number of rotatable bonds is 4. The molecule has 2 aromatic heterocycles. The number of allylic oxidation sites excluding steroid dienone is 1. The molecule has 1 aliphatic rings. The highest BCUT2D eigenvalue weighted by molar-refractivity contribution is 7.12. The summed E-state index contributed by atoms with van der Waals surface area (Å²) in [5.74, 6) is 0.757. The van der Waals surface area contributed by atoms with E-state index in [1.54, 1.807) is 11.3 Å². The van der Waals surface area contributed by atoms with Crippen LogP contribution in [0.5, 0.6) is 11.6 Å². The predicted octanol–water partition coefficient (Wildman–Crippen LogP) is 4.37. The number of aryl methyl sites for hydroxylation is 2. The summed E-state index contributed by atoms with van der Waals surface area (Å²) < 4.78 is 11.5. The van der Waals surface area contributed by atoms with Crippen molar-refractivity contribution in [2.75, 3.05) is 6.61 Å². The van der Waals surface area contributed by atoms with Crippen molar-refractivity contribution in [1.82, 2.24) is 10.2 Å². The number of fused-ring (bicyclic) bond motifs is 1. The van der Waals surface area contributed by atoms with Gasteiger partial charge in [0, 0.05) is 20.9 Å². The van der Waals surface area contributed by atoms with Gasteiger partial charge in [0.15, 0.2) is 0 Å². The Morgan fingerprint density at radius 2 is 2.14 bits per heavy atom. The van der Waals surface area contributed by atoms with Crippen LogP contribution in [0.2, 0.25) is 0 Å². The van der Waals surface area contributed by atoms with E-state index in [1.807, 2.05) is 31.2 Å². The summed E-state index contributed by atoms with van der Waals surface area (Å²) >= 11 is 1.72. The number of hydrogen-bond acceptors (Lipinski definition) is 6. The molecule has 0 unspecified atom stereocenters. The number of aromatic nitrogens is 2. The number of aromatic amines is 1. The number of nitrogens with zero attached hydrogens (tertiary/aromatic N) is 2. The van der Waals surface area contributed by atoms with E-state index in [-0.39, 0.29) is 5.88 Å². The van der Waals surface area contributed by atoms with Crippen molar-refractivity contribution < 1.29 is 9.47 Å². The smallest absolute Gasteiger partial charge is 0.244 e. The average molecular weight is 392 g/mol. The van der Waals surface area contributed by atoms with Gasteiger partial charge < -0.3 is 15.2 Å². The van der Waals surface area contributed by atoms with E-state index >= 15 is 0 Å². The number of nitrogens with two attached hydrogens (primary N) is 1. The molecule has 0 aliphatic carbocycles. The lowest BCUT2D eigenvalue weighted by Crippen LogP contribution is -2.21. The Bertz CT molecular complexity index is 1120. The number of nitriles is 1. The first kappa shape index (κ1) is 18.1. The van der Waals surface area contributed by atoms with E-state index in [0.717, 1.165) is 22.4 Å². The maximum absolute atomic E-state index is 9.86. The third-order valence-electron chi connectivity index (χ3n) is 4.78. The zero-order valence-corrected chi connectivity index (χ0v) is 16.7. The molecule has 0 radical (unpaired) electrons. The van der Waals surface area contributed by atoms with E-state index in [1.165, 1.54) is 9.75 Å². The highest BCUT2D eigenvalue weighted by atomic mass is 32.1. The number of H-pyrrole nitrogens is 1. The number of ether oxygens (including phenoxy) is 2. The van der Waals surface area contributed by atoms with Crippen LogP contribution in [-0.4, -0.2) is 16.8 Å². The summed E-state index contributed by atoms with van der Waals surface area (Å²) in [6.45, 7) is 6.60. The van der Waals surface area contributed by atoms with E-state index in [9.17, 15) is 5.26 Å². The van der Waals surface area contributed by atoms with Gasteiger partial charge in [-0.15, -0.1) is 16.4 Å². The summed E-state index contributed by atoms with van der Waals surface area (Å²) in [6.07, 6.45) is 0. The van der Waals surface area contributed by atoms with Crippen molar-refractivity contribution in [3.8, 4) is 29.0 Å². The van der Waals surface area contributed by atoms with Crippen molar-refractivity contribution in [2.24, 2.45) is 5.73 Å². The molecule has 0 amide bonds. The molecule has 4 rings (SSSR count). The summed E-state index contributed by atoms with van der Waals surface area (Å²) in [5, 5.41) is 17.3. The average Bonchev–Trinajstić information content (AvgIpc) is 3.23. The van der Waals surface area contributed by atoms with Gasteiger partial charge >= 0.3 is 0 Å². The van der Waals surface area contributed by atoms with Gasteiger partial charge in [-0.1, -0.05) is 18.2 Å². The molecule has 28 heavy (non-hydrogen) atoms. The fourth-order valence-electron chi connectivity index (χ4n) is 3.65. The Morgan fingerprint density at radius 1 is 1.36 bits per heavy atom. The Kier molecular flexibility index (Phi) is 4.57. The third-order valence-corrected chi connectivity index (χ3v) is 5.74. The van der Waals surface area contributed by atoms with Gasteiger partial charge in [0.05, 0.1) is 23.8 Å². The molecule has 0 spiro atoms. The normalized spacial score (nSPS) is 15.7. The zero-order chi connectivity index (χ0) is 19.8. The van der Waals surface area contributed by atoms with Crippen LogP contribution < -0.4 is 15.2 Å². The standard InChI is InChI=1S/C21H20N4O2S/c1-4-26-16-8-6-5-7-13(16)17-15(10-22)20(23)27-21-18(17)19(24-25-21)14-9-11(2)28-12(14)3/h5-9,17H,4,23H2,1-3H3,(H,24,25)/t17-/m0/s1. The van der Waals surface area contributed by atoms with Gasteiger partial charge in [-0.25, -0.2) is 0 Å². The van der Waals surface area contributed by atoms with Crippen LogP contribution in [0.1, 0.15) is 33.7 Å². The van der Waals surface area contributed by atoms with Gasteiger partial charge in [-0.3, -0.25) is 5.10 Å². The van der Waals surface area contributed by atoms with Crippen molar-refractivity contribution in [1.29, 1.82) is 5.26 Å². The third kappa shape index (κ3) is 2.83. The second kappa shape index (κ2) is 7.06. The number of para-hydroxylation sites is 1. The fourth-order valence-corrected chi connectivity index (χ4v) is 4.58. The first-order valence-electron chi connectivity index (χ1n) is 9.00. The van der Waals surface area contributed by atoms with Gasteiger partial charge in [0.25, 0.3) is 0 Å². The number of hydrogen-bond donors (Lipinski definition) is 2. The molecule has 7 heteroatoms. The van der Waals surface area contributed by atoms with E-state index < -0.39 is 5.92 Å². The highest BCUT2D eigenvalue weighted by Crippen LogP contribution is 2.48. The van der Waals surface area contributed by atoms with Crippen molar-refractivity contribution in [2.45, 2.75) is 26.7 Å². The second-order valence-electron chi connectivity index (χ2n) is 6.54. The lowest BCUT2D eigenvalue weighted by atomic mass is 9.82. The molecular formula is C21H20N4O2S. The SMILES string of the molecule is CCOc1ccccc1[C@H]1C(C#N)=C(N)Oc2n[nH]c(-c3cc(C)sc3C)c21. The largest absolute Gasteiger partial charge is 0.494 e. The lowest BCUT2D eigenvalue weighted by molar-refractivity contribution is 0.334. The molecule has 1 aromatic carbocycles. The second-order valence-corrected chi connectivity index (χ2v) is 8.00. The topological polar surface area (TPSA) is 96.9 Å². The Balaban J connectivity index is 1.98. The molecule has 0 saturated heterocycles. The van der Waals surface area contributed by atoms with Crippen LogP contribution in [0, 0.1) is 25.2 Å². The Labute approximate surface area is 167 Å². The maximum Gasteiger partial charge on any atom is 0.244 e.